The number of nitrogens with zero attached hydrogens (tertiary/aromatic N) is 2. The van der Waals surface area contributed by atoms with Crippen LogP contribution in [0.3, 0.4) is 0 Å². The Kier molecular flexibility index (Phi) is 3.27. The van der Waals surface area contributed by atoms with Crippen LogP contribution in [0, 0.1) is 0 Å². The minimum Gasteiger partial charge on any atom is -0.463 e. The third kappa shape index (κ3) is 2.38. The van der Waals surface area contributed by atoms with Gasteiger partial charge < -0.3 is 13.7 Å². The number of hydrogen-bond acceptors (Lipinski definition) is 4. The summed E-state index contributed by atoms with van der Waals surface area (Å²) in [5, 5.41) is 0. The average molecular weight is 234 g/mol. The van der Waals surface area contributed by atoms with E-state index in [9.17, 15) is 4.79 Å². The van der Waals surface area contributed by atoms with E-state index >= 15 is 0 Å². The van der Waals surface area contributed by atoms with E-state index in [4.69, 9.17) is 4.42 Å². The molecule has 17 heavy (non-hydrogen) atoms. The van der Waals surface area contributed by atoms with Crippen molar-refractivity contribution in [3.05, 3.63) is 41.9 Å². The molecule has 0 aromatic carbocycles. The van der Waals surface area contributed by atoms with Crippen LogP contribution in [-0.2, 0) is 17.7 Å². The number of carbonyl (C=O) groups is 1. The fourth-order valence-electron chi connectivity index (χ4n) is 1.64. The van der Waals surface area contributed by atoms with E-state index in [0.717, 1.165) is 12.2 Å². The molecule has 0 spiro atoms. The van der Waals surface area contributed by atoms with Crippen molar-refractivity contribution in [1.29, 1.82) is 0 Å². The van der Waals surface area contributed by atoms with Crippen molar-refractivity contribution in [3.8, 4) is 0 Å². The van der Waals surface area contributed by atoms with Gasteiger partial charge >= 0.3 is 5.97 Å². The molecular weight excluding hydrogens is 220 g/mol. The first-order valence-electron chi connectivity index (χ1n) is 5.41. The van der Waals surface area contributed by atoms with Crippen molar-refractivity contribution < 1.29 is 13.9 Å². The molecule has 2 aromatic heterocycles. The molecule has 0 aliphatic carbocycles. The highest BCUT2D eigenvalue weighted by atomic mass is 16.5. The van der Waals surface area contributed by atoms with Gasteiger partial charge in [-0.25, -0.2) is 9.78 Å². The molecule has 0 saturated carbocycles. The zero-order chi connectivity index (χ0) is 12.3. The second-order valence-electron chi connectivity index (χ2n) is 3.58. The number of rotatable bonds is 4. The van der Waals surface area contributed by atoms with E-state index in [1.807, 2.05) is 17.7 Å². The summed E-state index contributed by atoms with van der Waals surface area (Å²) in [6, 6.07) is 3.38. The van der Waals surface area contributed by atoms with Crippen molar-refractivity contribution >= 4 is 5.97 Å². The van der Waals surface area contributed by atoms with Gasteiger partial charge in [0.1, 0.15) is 11.6 Å². The summed E-state index contributed by atoms with van der Waals surface area (Å²) in [5.41, 5.74) is 0. The topological polar surface area (TPSA) is 57.3 Å². The molecule has 0 N–H and O–H groups in total. The van der Waals surface area contributed by atoms with Crippen LogP contribution < -0.4 is 0 Å². The van der Waals surface area contributed by atoms with Crippen LogP contribution in [0.2, 0.25) is 0 Å². The standard InChI is InChI=1S/C12H14N2O3/c1-3-11-13-6-7-14(11)8-9-4-5-10(17-9)12(15)16-2/h4-7H,3,8H2,1-2H3. The Labute approximate surface area is 99.0 Å². The molecule has 0 amide bonds. The number of imidazole rings is 1. The van der Waals surface area contributed by atoms with E-state index in [2.05, 4.69) is 9.72 Å². The monoisotopic (exact) mass is 234 g/mol. The summed E-state index contributed by atoms with van der Waals surface area (Å²) in [6.45, 7) is 2.61. The number of esters is 1. The van der Waals surface area contributed by atoms with E-state index in [1.54, 1.807) is 18.3 Å². The number of methoxy groups -OCH3 is 1. The van der Waals surface area contributed by atoms with Gasteiger partial charge in [-0.1, -0.05) is 6.92 Å². The van der Waals surface area contributed by atoms with Crippen LogP contribution in [0.25, 0.3) is 0 Å². The molecule has 0 unspecified atom stereocenters. The molecule has 0 atom stereocenters. The van der Waals surface area contributed by atoms with Crippen molar-refractivity contribution in [2.45, 2.75) is 19.9 Å². The summed E-state index contributed by atoms with van der Waals surface area (Å²) < 4.78 is 11.9. The highest BCUT2D eigenvalue weighted by Gasteiger charge is 2.11. The summed E-state index contributed by atoms with van der Waals surface area (Å²) in [7, 11) is 1.33. The molecule has 0 fully saturated rings. The maximum atomic E-state index is 11.2. The molecule has 5 nitrogen and oxygen atoms in total. The maximum Gasteiger partial charge on any atom is 0.373 e. The lowest BCUT2D eigenvalue weighted by Crippen LogP contribution is -2.03. The minimum atomic E-state index is -0.461. The van der Waals surface area contributed by atoms with Crippen LogP contribution in [0.5, 0.6) is 0 Å². The summed E-state index contributed by atoms with van der Waals surface area (Å²) in [6.07, 6.45) is 4.50. The van der Waals surface area contributed by atoms with Gasteiger partial charge in [-0.05, 0) is 12.1 Å². The number of hydrogen-bond donors (Lipinski definition) is 0. The van der Waals surface area contributed by atoms with Crippen molar-refractivity contribution in [1.82, 2.24) is 9.55 Å². The summed E-state index contributed by atoms with van der Waals surface area (Å²) >= 11 is 0. The largest absolute Gasteiger partial charge is 0.463 e. The second-order valence-corrected chi connectivity index (χ2v) is 3.58. The molecule has 0 aliphatic heterocycles. The second kappa shape index (κ2) is 4.86. The summed E-state index contributed by atoms with van der Waals surface area (Å²) in [4.78, 5) is 15.4. The number of ether oxygens (including phenoxy) is 1. The lowest BCUT2D eigenvalue weighted by molar-refractivity contribution is 0.0563. The van der Waals surface area contributed by atoms with Gasteiger partial charge in [-0.15, -0.1) is 0 Å². The molecule has 0 saturated heterocycles. The molecular formula is C12H14N2O3. The Bertz CT molecular complexity index is 513. The van der Waals surface area contributed by atoms with Crippen LogP contribution >= 0.6 is 0 Å². The Balaban J connectivity index is 2.14. The van der Waals surface area contributed by atoms with Gasteiger partial charge in [0.25, 0.3) is 0 Å². The van der Waals surface area contributed by atoms with Gasteiger partial charge in [0.05, 0.1) is 13.7 Å². The highest BCUT2D eigenvalue weighted by Crippen LogP contribution is 2.11. The fraction of sp³-hybridized carbons (Fsp3) is 0.333. The number of aryl methyl sites for hydroxylation is 1. The quantitative estimate of drug-likeness (QED) is 0.758. The van der Waals surface area contributed by atoms with Crippen LogP contribution in [0.1, 0.15) is 29.1 Å². The molecule has 5 heteroatoms. The van der Waals surface area contributed by atoms with Gasteiger partial charge in [0.2, 0.25) is 5.76 Å². The van der Waals surface area contributed by atoms with E-state index in [0.29, 0.717) is 12.3 Å². The molecule has 90 valence electrons. The Morgan fingerprint density at radius 2 is 2.35 bits per heavy atom. The maximum absolute atomic E-state index is 11.2. The molecule has 0 bridgehead atoms. The van der Waals surface area contributed by atoms with Gasteiger partial charge in [0, 0.05) is 18.8 Å². The van der Waals surface area contributed by atoms with Crippen molar-refractivity contribution in [2.75, 3.05) is 7.11 Å². The molecule has 2 heterocycles. The number of carbonyl (C=O) groups excluding carboxylic acids is 1. The van der Waals surface area contributed by atoms with Gasteiger partial charge in [-0.2, -0.15) is 0 Å². The van der Waals surface area contributed by atoms with Crippen molar-refractivity contribution in [3.63, 3.8) is 0 Å². The number of furan rings is 1. The molecule has 0 radical (unpaired) electrons. The predicted molar refractivity (Wildman–Crippen MR) is 60.8 cm³/mol. The first-order chi connectivity index (χ1) is 8.24. The third-order valence-electron chi connectivity index (χ3n) is 2.49. The minimum absolute atomic E-state index is 0.223. The predicted octanol–water partition coefficient (Wildman–Crippen LogP) is 1.87. The van der Waals surface area contributed by atoms with Gasteiger partial charge in [-0.3, -0.25) is 0 Å². The van der Waals surface area contributed by atoms with E-state index < -0.39 is 5.97 Å². The zero-order valence-corrected chi connectivity index (χ0v) is 9.84. The van der Waals surface area contributed by atoms with E-state index in [1.165, 1.54) is 7.11 Å². The smallest absolute Gasteiger partial charge is 0.373 e. The van der Waals surface area contributed by atoms with Crippen LogP contribution in [0.15, 0.2) is 28.9 Å². The zero-order valence-electron chi connectivity index (χ0n) is 9.84. The first kappa shape index (κ1) is 11.4. The SMILES string of the molecule is CCc1nccn1Cc1ccc(C(=O)OC)o1. The lowest BCUT2D eigenvalue weighted by Gasteiger charge is -2.03. The van der Waals surface area contributed by atoms with Crippen molar-refractivity contribution in [2.24, 2.45) is 0 Å². The number of aromatic nitrogens is 2. The fourth-order valence-corrected chi connectivity index (χ4v) is 1.64. The summed E-state index contributed by atoms with van der Waals surface area (Å²) in [5.74, 6) is 1.46. The Hall–Kier alpha value is -2.04. The normalized spacial score (nSPS) is 10.5. The first-order valence-corrected chi connectivity index (χ1v) is 5.41. The molecule has 2 rings (SSSR count). The Morgan fingerprint density at radius 1 is 1.53 bits per heavy atom. The molecule has 0 aliphatic rings. The Morgan fingerprint density at radius 3 is 3.06 bits per heavy atom. The lowest BCUT2D eigenvalue weighted by atomic mass is 10.4. The van der Waals surface area contributed by atoms with Gasteiger partial charge in [0.15, 0.2) is 0 Å². The third-order valence-corrected chi connectivity index (χ3v) is 2.49. The average Bonchev–Trinajstić information content (AvgIpc) is 2.97. The van der Waals surface area contributed by atoms with Crippen LogP contribution in [0.4, 0.5) is 0 Å². The molecule has 2 aromatic rings. The van der Waals surface area contributed by atoms with E-state index in [-0.39, 0.29) is 5.76 Å². The highest BCUT2D eigenvalue weighted by molar-refractivity contribution is 5.86. The van der Waals surface area contributed by atoms with Crippen LogP contribution in [-0.4, -0.2) is 22.6 Å².